The van der Waals surface area contributed by atoms with Crippen LogP contribution in [0, 0.1) is 0 Å². The molecule has 3 N–H and O–H groups in total. The van der Waals surface area contributed by atoms with Gasteiger partial charge in [0.15, 0.2) is 17.4 Å². The molecule has 3 aromatic carbocycles. The predicted octanol–water partition coefficient (Wildman–Crippen LogP) is 5.66. The number of halogens is 7. The number of fused-ring (bicyclic) bond motifs is 1. The lowest BCUT2D eigenvalue weighted by atomic mass is 9.85. The van der Waals surface area contributed by atoms with Crippen LogP contribution in [0.15, 0.2) is 79.0 Å². The van der Waals surface area contributed by atoms with Gasteiger partial charge in [0.1, 0.15) is 0 Å². The van der Waals surface area contributed by atoms with Crippen LogP contribution in [0.1, 0.15) is 43.2 Å². The van der Waals surface area contributed by atoms with Gasteiger partial charge < -0.3 is 10.3 Å². The second-order valence-electron chi connectivity index (χ2n) is 10.9. The standard InChI is InChI=1S/C31H25F6N7O2.ClH/c32-30(33,34)21-10-4-1-8-19(21)28(45)25-15-39-24(13-17-14-38-23-12-6-3-7-18(17)23)27(44(25)16-26-40-42-43-41-26)29(46)20-9-2-5-11-22(20)31(35,36)37;/h1-12,14,24-25,27,38-39H,13,15-16H2,(H,40,41,42,43);1H. The van der Waals surface area contributed by atoms with Gasteiger partial charge in [0.05, 0.1) is 29.8 Å². The molecule has 3 unspecified atom stereocenters. The number of ketones is 2. The lowest BCUT2D eigenvalue weighted by Crippen LogP contribution is -2.67. The Labute approximate surface area is 269 Å². The third-order valence-electron chi connectivity index (χ3n) is 8.11. The normalized spacial score (nSPS) is 19.0. The minimum atomic E-state index is -4.89. The van der Waals surface area contributed by atoms with Gasteiger partial charge in [0, 0.05) is 40.8 Å². The highest BCUT2D eigenvalue weighted by Crippen LogP contribution is 2.36. The summed E-state index contributed by atoms with van der Waals surface area (Å²) in [5, 5.41) is 17.5. The van der Waals surface area contributed by atoms with Gasteiger partial charge >= 0.3 is 12.4 Å². The highest BCUT2D eigenvalue weighted by molar-refractivity contribution is 6.05. The number of carbonyl (C=O) groups is 2. The van der Waals surface area contributed by atoms with Crippen molar-refractivity contribution in [2.24, 2.45) is 0 Å². The zero-order valence-electron chi connectivity index (χ0n) is 24.1. The number of carbonyl (C=O) groups excluding carboxylic acids is 2. The number of alkyl halides is 6. The lowest BCUT2D eigenvalue weighted by molar-refractivity contribution is -0.138. The average Bonchev–Trinajstić information content (AvgIpc) is 3.70. The van der Waals surface area contributed by atoms with Gasteiger partial charge in [-0.1, -0.05) is 59.8 Å². The van der Waals surface area contributed by atoms with Crippen molar-refractivity contribution in [1.82, 2.24) is 35.8 Å². The topological polar surface area (TPSA) is 120 Å². The summed E-state index contributed by atoms with van der Waals surface area (Å²) in [7, 11) is 0. The molecule has 0 spiro atoms. The number of rotatable bonds is 8. The van der Waals surface area contributed by atoms with E-state index in [1.165, 1.54) is 17.0 Å². The van der Waals surface area contributed by atoms with E-state index in [0.29, 0.717) is 0 Å². The highest BCUT2D eigenvalue weighted by atomic mass is 35.5. The minimum Gasteiger partial charge on any atom is -0.361 e. The SMILES string of the molecule is Cl.O=C(c1ccccc1C(F)(F)F)C1CNC(Cc2c[nH]c3ccccc23)C(C(=O)c2ccccc2C(F)(F)F)N1Cc1nn[nH]n1. The van der Waals surface area contributed by atoms with E-state index in [9.17, 15) is 35.9 Å². The Morgan fingerprint density at radius 2 is 1.43 bits per heavy atom. The molecule has 2 aromatic heterocycles. The molecule has 1 fully saturated rings. The molecule has 9 nitrogen and oxygen atoms in total. The van der Waals surface area contributed by atoms with E-state index in [2.05, 4.69) is 30.9 Å². The first-order valence-electron chi connectivity index (χ1n) is 14.1. The molecule has 0 aliphatic carbocycles. The van der Waals surface area contributed by atoms with Crippen LogP contribution >= 0.6 is 12.4 Å². The molecular weight excluding hydrogens is 652 g/mol. The second kappa shape index (κ2) is 13.3. The van der Waals surface area contributed by atoms with E-state index in [1.54, 1.807) is 6.20 Å². The van der Waals surface area contributed by atoms with Crippen LogP contribution in [-0.4, -0.2) is 66.7 Å². The molecule has 246 valence electrons. The van der Waals surface area contributed by atoms with Gasteiger partial charge in [-0.05, 0) is 30.2 Å². The largest absolute Gasteiger partial charge is 0.417 e. The summed E-state index contributed by atoms with van der Waals surface area (Å²) in [6, 6.07) is 12.0. The second-order valence-corrected chi connectivity index (χ2v) is 10.9. The first-order chi connectivity index (χ1) is 21.9. The number of hydrogen-bond donors (Lipinski definition) is 3. The quantitative estimate of drug-likeness (QED) is 0.143. The molecular formula is C31H26ClF6N7O2. The van der Waals surface area contributed by atoms with Crippen LogP contribution in [0.4, 0.5) is 26.3 Å². The Bertz CT molecular complexity index is 1880. The first kappa shape index (κ1) is 33.8. The van der Waals surface area contributed by atoms with Gasteiger partial charge in [-0.15, -0.1) is 22.6 Å². The maximum atomic E-state index is 14.4. The first-order valence-corrected chi connectivity index (χ1v) is 14.1. The zero-order valence-corrected chi connectivity index (χ0v) is 25.0. The van der Waals surface area contributed by atoms with Crippen molar-refractivity contribution in [2.45, 2.75) is 43.4 Å². The Hall–Kier alpha value is -4.60. The van der Waals surface area contributed by atoms with E-state index in [0.717, 1.165) is 52.9 Å². The molecule has 16 heteroatoms. The van der Waals surface area contributed by atoms with Gasteiger partial charge in [-0.2, -0.15) is 31.6 Å². The van der Waals surface area contributed by atoms with Crippen molar-refractivity contribution < 1.29 is 35.9 Å². The summed E-state index contributed by atoms with van der Waals surface area (Å²) < 4.78 is 84.4. The molecule has 6 rings (SSSR count). The third-order valence-corrected chi connectivity index (χ3v) is 8.11. The van der Waals surface area contributed by atoms with Crippen LogP contribution in [0.25, 0.3) is 10.9 Å². The molecule has 1 aliphatic rings. The summed E-state index contributed by atoms with van der Waals surface area (Å²) >= 11 is 0. The van der Waals surface area contributed by atoms with Gasteiger partial charge in [0.25, 0.3) is 0 Å². The molecule has 1 aliphatic heterocycles. The summed E-state index contributed by atoms with van der Waals surface area (Å²) in [6.07, 6.45) is -7.92. The van der Waals surface area contributed by atoms with Crippen LogP contribution in [0.2, 0.25) is 0 Å². The minimum absolute atomic E-state index is 0. The molecule has 3 heterocycles. The van der Waals surface area contributed by atoms with Crippen molar-refractivity contribution in [3.05, 3.63) is 113 Å². The number of piperazine rings is 1. The van der Waals surface area contributed by atoms with Crippen LogP contribution < -0.4 is 5.32 Å². The fourth-order valence-corrected chi connectivity index (χ4v) is 6.07. The summed E-state index contributed by atoms with van der Waals surface area (Å²) in [5.41, 5.74) is -2.11. The monoisotopic (exact) mass is 677 g/mol. The summed E-state index contributed by atoms with van der Waals surface area (Å²) in [5.74, 6) is -1.97. The van der Waals surface area contributed by atoms with Crippen LogP contribution in [-0.2, 0) is 25.3 Å². The van der Waals surface area contributed by atoms with Gasteiger partial charge in [-0.3, -0.25) is 14.5 Å². The molecule has 5 aromatic rings. The Morgan fingerprint density at radius 3 is 2.04 bits per heavy atom. The summed E-state index contributed by atoms with van der Waals surface area (Å²) in [6.45, 7) is -0.599. The van der Waals surface area contributed by atoms with Crippen molar-refractivity contribution in [1.29, 1.82) is 0 Å². The predicted molar refractivity (Wildman–Crippen MR) is 160 cm³/mol. The van der Waals surface area contributed by atoms with Crippen LogP contribution in [0.5, 0.6) is 0 Å². The number of tetrazole rings is 1. The molecule has 47 heavy (non-hydrogen) atoms. The Morgan fingerprint density at radius 1 is 0.830 bits per heavy atom. The fourth-order valence-electron chi connectivity index (χ4n) is 6.07. The van der Waals surface area contributed by atoms with E-state index >= 15 is 0 Å². The number of para-hydroxylation sites is 1. The van der Waals surface area contributed by atoms with Crippen molar-refractivity contribution in [2.75, 3.05) is 6.54 Å². The molecule has 3 atom stereocenters. The Balaban J connectivity index is 0.00000433. The molecule has 0 bridgehead atoms. The van der Waals surface area contributed by atoms with Crippen molar-refractivity contribution in [3.8, 4) is 0 Å². The van der Waals surface area contributed by atoms with Gasteiger partial charge in [0.2, 0.25) is 0 Å². The van der Waals surface area contributed by atoms with Gasteiger partial charge in [-0.25, -0.2) is 0 Å². The maximum absolute atomic E-state index is 14.4. The highest BCUT2D eigenvalue weighted by Gasteiger charge is 2.48. The molecule has 0 saturated carbocycles. The summed E-state index contributed by atoms with van der Waals surface area (Å²) in [4.78, 5) is 32.8. The van der Waals surface area contributed by atoms with E-state index in [1.807, 2.05) is 24.3 Å². The van der Waals surface area contributed by atoms with Crippen LogP contribution in [0.3, 0.4) is 0 Å². The van der Waals surface area contributed by atoms with E-state index < -0.39 is 64.3 Å². The number of benzene rings is 3. The number of aromatic nitrogens is 5. The smallest absolute Gasteiger partial charge is 0.361 e. The Kier molecular flexibility index (Phi) is 9.52. The average molecular weight is 678 g/mol. The van der Waals surface area contributed by atoms with E-state index in [4.69, 9.17) is 0 Å². The molecule has 0 amide bonds. The fraction of sp³-hybridized carbons (Fsp3) is 0.258. The third kappa shape index (κ3) is 6.77. The van der Waals surface area contributed by atoms with Crippen molar-refractivity contribution in [3.63, 3.8) is 0 Å². The number of aromatic amines is 2. The van der Waals surface area contributed by atoms with E-state index in [-0.39, 0.29) is 37.7 Å². The lowest BCUT2D eigenvalue weighted by Gasteiger charge is -2.45. The maximum Gasteiger partial charge on any atom is 0.417 e. The number of Topliss-reactive ketones (excluding diaryl/α,β-unsaturated/α-hetero) is 2. The number of H-pyrrole nitrogens is 2. The molecule has 0 radical (unpaired) electrons. The zero-order chi connectivity index (χ0) is 32.6. The number of nitrogens with one attached hydrogen (secondary N) is 3. The molecule has 1 saturated heterocycles. The van der Waals surface area contributed by atoms with Crippen molar-refractivity contribution >= 4 is 34.9 Å². The number of nitrogens with zero attached hydrogens (tertiary/aromatic N) is 4. The number of hydrogen-bond acceptors (Lipinski definition) is 7.